The van der Waals surface area contributed by atoms with Gasteiger partial charge in [0.15, 0.2) is 0 Å². The van der Waals surface area contributed by atoms with Crippen LogP contribution in [-0.4, -0.2) is 19.7 Å². The molecule has 4 saturated carbocycles. The van der Waals surface area contributed by atoms with Crippen LogP contribution in [0.2, 0.25) is 0 Å². The fourth-order valence-corrected chi connectivity index (χ4v) is 7.02. The van der Waals surface area contributed by atoms with E-state index >= 15 is 0 Å². The molecule has 5 aliphatic carbocycles. The second-order valence-electron chi connectivity index (χ2n) is 10.4. The molecule has 5 atom stereocenters. The van der Waals surface area contributed by atoms with Crippen molar-refractivity contribution in [2.24, 2.45) is 17.3 Å². The largest absolute Gasteiger partial charge is 2.00 e. The molecule has 0 aliphatic heterocycles. The summed E-state index contributed by atoms with van der Waals surface area (Å²) >= 11 is 0. The van der Waals surface area contributed by atoms with Crippen molar-refractivity contribution in [3.63, 3.8) is 0 Å². The van der Waals surface area contributed by atoms with Crippen LogP contribution >= 0.6 is 0 Å². The average Bonchev–Trinajstić information content (AvgIpc) is 3.59. The van der Waals surface area contributed by atoms with Crippen LogP contribution in [0.1, 0.15) is 56.1 Å². The summed E-state index contributed by atoms with van der Waals surface area (Å²) in [6.45, 7) is 3.61. The number of methoxy groups -OCH3 is 1. The van der Waals surface area contributed by atoms with Gasteiger partial charge >= 0.3 is 17.1 Å². The van der Waals surface area contributed by atoms with Gasteiger partial charge in [-0.25, -0.2) is 0 Å². The van der Waals surface area contributed by atoms with Crippen molar-refractivity contribution in [1.82, 2.24) is 5.32 Å². The minimum atomic E-state index is 0. The zero-order valence-electron chi connectivity index (χ0n) is 19.9. The first-order chi connectivity index (χ1) is 15.7. The van der Waals surface area contributed by atoms with E-state index in [4.69, 9.17) is 4.74 Å². The van der Waals surface area contributed by atoms with E-state index in [1.165, 1.54) is 44.4 Å². The van der Waals surface area contributed by atoms with Crippen molar-refractivity contribution in [2.75, 3.05) is 13.7 Å². The fraction of sp³-hybridized carbons (Fsp3) is 0.467. The smallest absolute Gasteiger partial charge is 0.497 e. The van der Waals surface area contributed by atoms with Crippen LogP contribution in [-0.2, 0) is 23.5 Å². The molecule has 1 aromatic rings. The second-order valence-corrected chi connectivity index (χ2v) is 10.4. The molecule has 2 nitrogen and oxygen atoms in total. The number of hydrogen-bond donors (Lipinski definition) is 1. The number of hydrogen-bond acceptors (Lipinski definition) is 2. The summed E-state index contributed by atoms with van der Waals surface area (Å²) in [7, 11) is 1.78. The van der Waals surface area contributed by atoms with Crippen molar-refractivity contribution in [2.45, 2.75) is 57.4 Å². The molecule has 0 bridgehead atoms. The van der Waals surface area contributed by atoms with Gasteiger partial charge in [-0.15, -0.1) is 0 Å². The Labute approximate surface area is 213 Å². The van der Waals surface area contributed by atoms with Crippen LogP contribution < -0.4 is 10.1 Å². The summed E-state index contributed by atoms with van der Waals surface area (Å²) in [4.78, 5) is 0. The number of aryl methyl sites for hydroxylation is 1. The van der Waals surface area contributed by atoms with Crippen LogP contribution in [0.5, 0.6) is 5.75 Å². The van der Waals surface area contributed by atoms with Gasteiger partial charge in [0.25, 0.3) is 0 Å². The van der Waals surface area contributed by atoms with Crippen LogP contribution in [0.4, 0.5) is 0 Å². The molecule has 0 aromatic heterocycles. The summed E-state index contributed by atoms with van der Waals surface area (Å²) < 4.78 is 5.46. The third kappa shape index (κ3) is 5.68. The van der Waals surface area contributed by atoms with E-state index < -0.39 is 0 Å². The summed E-state index contributed by atoms with van der Waals surface area (Å²) in [6, 6.07) is 7.52. The molecule has 10 radical (unpaired) electrons. The number of benzene rings is 1. The van der Waals surface area contributed by atoms with E-state index in [0.29, 0.717) is 11.5 Å². The van der Waals surface area contributed by atoms with Gasteiger partial charge < -0.3 is 10.1 Å². The molecule has 1 aromatic carbocycles. The van der Waals surface area contributed by atoms with Crippen molar-refractivity contribution in [3.8, 4) is 5.75 Å². The molecule has 0 saturated heterocycles. The van der Waals surface area contributed by atoms with Crippen LogP contribution in [0.3, 0.4) is 0 Å². The Morgan fingerprint density at radius 2 is 1.73 bits per heavy atom. The predicted molar refractivity (Wildman–Crippen MR) is 131 cm³/mol. The zero-order valence-corrected chi connectivity index (χ0v) is 21.1. The maximum Gasteiger partial charge on any atom is 2.00 e. The maximum absolute atomic E-state index is 5.46. The minimum absolute atomic E-state index is 0. The Morgan fingerprint density at radius 3 is 2.42 bits per heavy atom. The van der Waals surface area contributed by atoms with Crippen molar-refractivity contribution in [3.05, 3.63) is 93.0 Å². The molecule has 3 heteroatoms. The van der Waals surface area contributed by atoms with Gasteiger partial charge in [0, 0.05) is 12.6 Å². The normalized spacial score (nSPS) is 35.0. The van der Waals surface area contributed by atoms with E-state index in [9.17, 15) is 0 Å². The molecular weight excluding hydrogens is 446 g/mol. The van der Waals surface area contributed by atoms with E-state index in [1.807, 2.05) is 32.1 Å². The van der Waals surface area contributed by atoms with Gasteiger partial charge in [0.2, 0.25) is 0 Å². The van der Waals surface area contributed by atoms with E-state index in [0.717, 1.165) is 30.0 Å². The third-order valence-corrected chi connectivity index (χ3v) is 8.59. The number of rotatable bonds is 4. The van der Waals surface area contributed by atoms with Crippen molar-refractivity contribution in [1.29, 1.82) is 0 Å². The Hall–Kier alpha value is -0.501. The summed E-state index contributed by atoms with van der Waals surface area (Å²) in [5.74, 6) is 4.96. The summed E-state index contributed by atoms with van der Waals surface area (Å²) in [5, 5.41) is 3.88. The van der Waals surface area contributed by atoms with Gasteiger partial charge in [-0.2, -0.15) is 0 Å². The Bertz CT molecular complexity index is 748. The topological polar surface area (TPSA) is 21.3 Å². The first-order valence-electron chi connectivity index (χ1n) is 12.4. The average molecular weight is 483 g/mol. The third-order valence-electron chi connectivity index (χ3n) is 8.59. The minimum Gasteiger partial charge on any atom is -0.497 e. The van der Waals surface area contributed by atoms with Gasteiger partial charge in [0.05, 0.1) is 7.11 Å². The van der Waals surface area contributed by atoms with Gasteiger partial charge in [-0.05, 0) is 149 Å². The molecular formula is C30H37FeNO+2. The second kappa shape index (κ2) is 11.5. The van der Waals surface area contributed by atoms with Crippen molar-refractivity contribution >= 4 is 0 Å². The first kappa shape index (κ1) is 25.6. The molecule has 0 spiro atoms. The van der Waals surface area contributed by atoms with Crippen LogP contribution in [0.25, 0.3) is 0 Å². The van der Waals surface area contributed by atoms with Gasteiger partial charge in [-0.1, -0.05) is 13.0 Å². The zero-order chi connectivity index (χ0) is 22.0. The molecule has 33 heavy (non-hydrogen) atoms. The fourth-order valence-electron chi connectivity index (χ4n) is 7.02. The molecule has 4 fully saturated rings. The Morgan fingerprint density at radius 1 is 1.00 bits per heavy atom. The predicted octanol–water partition coefficient (Wildman–Crippen LogP) is 5.93. The van der Waals surface area contributed by atoms with E-state index in [2.05, 4.69) is 56.1 Å². The Balaban J connectivity index is 0.000000385. The summed E-state index contributed by atoms with van der Waals surface area (Å²) in [5.41, 5.74) is 3.71. The summed E-state index contributed by atoms with van der Waals surface area (Å²) in [6.07, 6.45) is 26.8. The van der Waals surface area contributed by atoms with Gasteiger partial charge in [0.1, 0.15) is 5.75 Å². The number of ether oxygens (including phenoxy) is 1. The number of nitrogens with one attached hydrogen (secondary N) is 1. The van der Waals surface area contributed by atoms with Crippen molar-refractivity contribution < 1.29 is 21.8 Å². The SMILES string of the molecule is COc1ccc2c(c1)CC[C@@H]1[C@@H]2CC[C@]2(C)C[C@H](NC[C]3[CH][CH][CH][CH]3)C[C@@H]12.[CH]1[CH][CH][CH][CH]1.[Fe+2]. The molecule has 6 rings (SSSR count). The van der Waals surface area contributed by atoms with Gasteiger partial charge in [-0.3, -0.25) is 0 Å². The van der Waals surface area contributed by atoms with E-state index in [1.54, 1.807) is 18.2 Å². The molecule has 0 heterocycles. The molecule has 5 aliphatic rings. The molecule has 0 amide bonds. The molecule has 0 unspecified atom stereocenters. The molecule has 1 N–H and O–H groups in total. The van der Waals surface area contributed by atoms with Crippen LogP contribution in [0, 0.1) is 81.0 Å². The Kier molecular flexibility index (Phi) is 8.91. The maximum atomic E-state index is 5.46. The van der Waals surface area contributed by atoms with E-state index in [-0.39, 0.29) is 17.1 Å². The molecule has 174 valence electrons. The standard InChI is InChI=1S/C25H32NO.C5H5.Fe/c1-25-12-11-22-21-10-8-20(27-2)13-18(21)7-9-23(22)24(25)14-19(15-25)26-16-17-5-3-4-6-17;1-2-4-5-3-1;/h3-6,8,10,13,19,22-24,26H,7,9,11-12,14-16H2,1-2H3;1-5H;/q;;+2/t19-,22-,23-,24+,25-;;/m1../s1. The number of fused-ring (bicyclic) bond motifs is 5. The van der Waals surface area contributed by atoms with Crippen LogP contribution in [0.15, 0.2) is 18.2 Å². The first-order valence-corrected chi connectivity index (χ1v) is 12.4. The monoisotopic (exact) mass is 483 g/mol. The quantitative estimate of drug-likeness (QED) is 0.536.